The highest BCUT2D eigenvalue weighted by molar-refractivity contribution is 5.94. The predicted octanol–water partition coefficient (Wildman–Crippen LogP) is 2.48. The highest BCUT2D eigenvalue weighted by atomic mass is 16.1. The molecular weight excluding hydrogens is 262 g/mol. The number of nitrogens with one attached hydrogen (secondary N) is 1. The van der Waals surface area contributed by atoms with Crippen LogP contribution in [0.4, 0.5) is 5.69 Å². The fourth-order valence-corrected chi connectivity index (χ4v) is 2.69. The Labute approximate surface area is 124 Å². The third-order valence-corrected chi connectivity index (χ3v) is 3.88. The van der Waals surface area contributed by atoms with Crippen molar-refractivity contribution in [2.24, 2.45) is 0 Å². The average Bonchev–Trinajstić information content (AvgIpc) is 2.57. The van der Waals surface area contributed by atoms with Crippen LogP contribution in [0.2, 0.25) is 0 Å². The minimum Gasteiger partial charge on any atom is -0.371 e. The first kappa shape index (κ1) is 13.6. The monoisotopic (exact) mass is 281 g/mol. The molecule has 1 fully saturated rings. The maximum Gasteiger partial charge on any atom is 0.253 e. The van der Waals surface area contributed by atoms with E-state index in [1.54, 1.807) is 24.5 Å². The number of piperidine rings is 1. The first-order chi connectivity index (χ1) is 10.3. The average molecular weight is 281 g/mol. The third kappa shape index (κ3) is 3.40. The Balaban J connectivity index is 1.53. The number of amides is 1. The van der Waals surface area contributed by atoms with Crippen molar-refractivity contribution in [2.75, 3.05) is 18.0 Å². The van der Waals surface area contributed by atoms with Crippen LogP contribution in [0.3, 0.4) is 0 Å². The Morgan fingerprint density at radius 2 is 1.86 bits per heavy atom. The molecule has 4 heteroatoms. The number of hydrogen-bond acceptors (Lipinski definition) is 3. The molecule has 2 aromatic rings. The molecule has 1 aromatic heterocycles. The van der Waals surface area contributed by atoms with E-state index in [4.69, 9.17) is 0 Å². The van der Waals surface area contributed by atoms with E-state index in [0.717, 1.165) is 25.9 Å². The van der Waals surface area contributed by atoms with Gasteiger partial charge in [-0.2, -0.15) is 0 Å². The summed E-state index contributed by atoms with van der Waals surface area (Å²) in [4.78, 5) is 18.4. The predicted molar refractivity (Wildman–Crippen MR) is 83.4 cm³/mol. The molecule has 4 nitrogen and oxygen atoms in total. The van der Waals surface area contributed by atoms with E-state index in [-0.39, 0.29) is 11.9 Å². The normalized spacial score (nSPS) is 15.7. The van der Waals surface area contributed by atoms with Crippen LogP contribution in [0.25, 0.3) is 0 Å². The first-order valence-corrected chi connectivity index (χ1v) is 7.34. The van der Waals surface area contributed by atoms with Gasteiger partial charge in [-0.25, -0.2) is 0 Å². The largest absolute Gasteiger partial charge is 0.371 e. The lowest BCUT2D eigenvalue weighted by atomic mass is 10.0. The van der Waals surface area contributed by atoms with Crippen LogP contribution < -0.4 is 10.2 Å². The zero-order valence-corrected chi connectivity index (χ0v) is 11.9. The van der Waals surface area contributed by atoms with Crippen molar-refractivity contribution in [1.82, 2.24) is 10.3 Å². The number of nitrogens with zero attached hydrogens (tertiary/aromatic N) is 2. The molecule has 0 unspecified atom stereocenters. The van der Waals surface area contributed by atoms with Crippen LogP contribution in [-0.2, 0) is 0 Å². The lowest BCUT2D eigenvalue weighted by Gasteiger charge is -2.34. The highest BCUT2D eigenvalue weighted by Gasteiger charge is 2.21. The first-order valence-electron chi connectivity index (χ1n) is 7.34. The number of benzene rings is 1. The van der Waals surface area contributed by atoms with Crippen LogP contribution in [0.5, 0.6) is 0 Å². The molecule has 0 radical (unpaired) electrons. The zero-order valence-electron chi connectivity index (χ0n) is 11.9. The Hall–Kier alpha value is -2.36. The second-order valence-corrected chi connectivity index (χ2v) is 5.31. The summed E-state index contributed by atoms with van der Waals surface area (Å²) in [6.45, 7) is 1.95. The van der Waals surface area contributed by atoms with Crippen molar-refractivity contribution in [3.05, 3.63) is 60.4 Å². The van der Waals surface area contributed by atoms with Crippen molar-refractivity contribution < 1.29 is 4.79 Å². The van der Waals surface area contributed by atoms with E-state index in [9.17, 15) is 4.79 Å². The number of carbonyl (C=O) groups is 1. The zero-order chi connectivity index (χ0) is 14.5. The maximum absolute atomic E-state index is 12.1. The Morgan fingerprint density at radius 1 is 1.10 bits per heavy atom. The van der Waals surface area contributed by atoms with Crippen LogP contribution in [0.1, 0.15) is 23.2 Å². The molecule has 1 amide bonds. The van der Waals surface area contributed by atoms with Crippen molar-refractivity contribution in [3.8, 4) is 0 Å². The molecule has 0 bridgehead atoms. The lowest BCUT2D eigenvalue weighted by molar-refractivity contribution is 0.0931. The molecule has 0 aliphatic carbocycles. The molecule has 21 heavy (non-hydrogen) atoms. The number of hydrogen-bond donors (Lipinski definition) is 1. The summed E-state index contributed by atoms with van der Waals surface area (Å²) < 4.78 is 0. The summed E-state index contributed by atoms with van der Waals surface area (Å²) in [5.41, 5.74) is 1.89. The van der Waals surface area contributed by atoms with Crippen molar-refractivity contribution >= 4 is 11.6 Å². The summed E-state index contributed by atoms with van der Waals surface area (Å²) >= 11 is 0. The molecular formula is C17H19N3O. The summed E-state index contributed by atoms with van der Waals surface area (Å²) in [5.74, 6) is -0.0266. The van der Waals surface area contributed by atoms with Gasteiger partial charge >= 0.3 is 0 Å². The van der Waals surface area contributed by atoms with Gasteiger partial charge in [-0.05, 0) is 37.1 Å². The van der Waals surface area contributed by atoms with Gasteiger partial charge < -0.3 is 10.2 Å². The van der Waals surface area contributed by atoms with Gasteiger partial charge in [0, 0.05) is 37.2 Å². The Kier molecular flexibility index (Phi) is 4.15. The van der Waals surface area contributed by atoms with Crippen LogP contribution in [-0.4, -0.2) is 30.0 Å². The topological polar surface area (TPSA) is 45.2 Å². The molecule has 108 valence electrons. The molecule has 1 aromatic carbocycles. The minimum absolute atomic E-state index is 0.0266. The quantitative estimate of drug-likeness (QED) is 0.940. The molecule has 0 spiro atoms. The molecule has 1 aliphatic heterocycles. The number of rotatable bonds is 3. The van der Waals surface area contributed by atoms with Gasteiger partial charge in [0.15, 0.2) is 0 Å². The number of aromatic nitrogens is 1. The van der Waals surface area contributed by atoms with E-state index in [1.807, 2.05) is 6.07 Å². The molecule has 1 aliphatic rings. The summed E-state index contributed by atoms with van der Waals surface area (Å²) in [6, 6.07) is 14.2. The molecule has 0 atom stereocenters. The summed E-state index contributed by atoms with van der Waals surface area (Å²) in [5, 5.41) is 3.10. The van der Waals surface area contributed by atoms with E-state index in [0.29, 0.717) is 5.56 Å². The fraction of sp³-hybridized carbons (Fsp3) is 0.294. The van der Waals surface area contributed by atoms with Gasteiger partial charge in [-0.1, -0.05) is 18.2 Å². The second-order valence-electron chi connectivity index (χ2n) is 5.31. The van der Waals surface area contributed by atoms with E-state index in [1.165, 1.54) is 5.69 Å². The Morgan fingerprint density at radius 3 is 2.52 bits per heavy atom. The number of carbonyl (C=O) groups excluding carboxylic acids is 1. The Bertz CT molecular complexity index is 577. The van der Waals surface area contributed by atoms with E-state index < -0.39 is 0 Å². The van der Waals surface area contributed by atoms with Gasteiger partial charge in [0.05, 0.1) is 5.56 Å². The van der Waals surface area contributed by atoms with Crippen LogP contribution in [0.15, 0.2) is 54.9 Å². The number of anilines is 1. The molecule has 1 N–H and O–H groups in total. The number of pyridine rings is 1. The van der Waals surface area contributed by atoms with Gasteiger partial charge in [0.1, 0.15) is 0 Å². The fourth-order valence-electron chi connectivity index (χ4n) is 2.69. The molecule has 0 saturated carbocycles. The standard InChI is InChI=1S/C17H19N3O/c21-17(14-5-4-10-18-13-14)19-15-8-11-20(12-9-15)16-6-2-1-3-7-16/h1-7,10,13,15H,8-9,11-12H2,(H,19,21). The number of para-hydroxylation sites is 1. The van der Waals surface area contributed by atoms with E-state index >= 15 is 0 Å². The van der Waals surface area contributed by atoms with Crippen molar-refractivity contribution in [2.45, 2.75) is 18.9 Å². The molecule has 2 heterocycles. The lowest BCUT2D eigenvalue weighted by Crippen LogP contribution is -2.44. The van der Waals surface area contributed by atoms with E-state index in [2.05, 4.69) is 39.5 Å². The van der Waals surface area contributed by atoms with Gasteiger partial charge in [0.25, 0.3) is 5.91 Å². The van der Waals surface area contributed by atoms with Crippen molar-refractivity contribution in [3.63, 3.8) is 0 Å². The summed E-state index contributed by atoms with van der Waals surface area (Å²) in [7, 11) is 0. The smallest absolute Gasteiger partial charge is 0.253 e. The van der Waals surface area contributed by atoms with Gasteiger partial charge in [-0.3, -0.25) is 9.78 Å². The molecule has 1 saturated heterocycles. The SMILES string of the molecule is O=C(NC1CCN(c2ccccc2)CC1)c1cccnc1. The van der Waals surface area contributed by atoms with Crippen LogP contribution in [0, 0.1) is 0 Å². The van der Waals surface area contributed by atoms with Crippen LogP contribution >= 0.6 is 0 Å². The second kappa shape index (κ2) is 6.39. The maximum atomic E-state index is 12.1. The van der Waals surface area contributed by atoms with Gasteiger partial charge in [-0.15, -0.1) is 0 Å². The highest BCUT2D eigenvalue weighted by Crippen LogP contribution is 2.19. The summed E-state index contributed by atoms with van der Waals surface area (Å²) in [6.07, 6.45) is 5.23. The minimum atomic E-state index is -0.0266. The van der Waals surface area contributed by atoms with Gasteiger partial charge in [0.2, 0.25) is 0 Å². The molecule has 3 rings (SSSR count). The third-order valence-electron chi connectivity index (χ3n) is 3.88. The van der Waals surface area contributed by atoms with Crippen molar-refractivity contribution in [1.29, 1.82) is 0 Å².